The van der Waals surface area contributed by atoms with Gasteiger partial charge in [0.25, 0.3) is 0 Å². The summed E-state index contributed by atoms with van der Waals surface area (Å²) in [7, 11) is 2.19. The van der Waals surface area contributed by atoms with Crippen LogP contribution in [-0.4, -0.2) is 60.3 Å². The molecule has 1 heterocycles. The summed E-state index contributed by atoms with van der Waals surface area (Å²) in [5, 5.41) is 12.6. The van der Waals surface area contributed by atoms with Crippen LogP contribution < -0.4 is 0 Å². The Labute approximate surface area is 177 Å². The van der Waals surface area contributed by atoms with Crippen LogP contribution in [0.25, 0.3) is 0 Å². The number of hydrogen-bond donors (Lipinski definition) is 1. The Balaban J connectivity index is 0.000000659. The molecule has 2 aliphatic carbocycles. The summed E-state index contributed by atoms with van der Waals surface area (Å²) in [5.41, 5.74) is 0.691. The van der Waals surface area contributed by atoms with Crippen LogP contribution in [0.5, 0.6) is 0 Å². The van der Waals surface area contributed by atoms with Crippen molar-refractivity contribution < 1.29 is 8.95 Å². The number of benzene rings is 1. The third-order valence-electron chi connectivity index (χ3n) is 6.31. The zero-order valence-electron chi connectivity index (χ0n) is 15.8. The monoisotopic (exact) mass is 434 g/mol. The van der Waals surface area contributed by atoms with Crippen molar-refractivity contribution in [3.8, 4) is 0 Å². The summed E-state index contributed by atoms with van der Waals surface area (Å²) in [4.78, 5) is 4.93. The quantitative estimate of drug-likeness (QED) is 0.712. The van der Waals surface area contributed by atoms with Crippen molar-refractivity contribution in [1.29, 1.82) is 0 Å². The van der Waals surface area contributed by atoms with Crippen LogP contribution in [-0.2, 0) is 3.84 Å². The van der Waals surface area contributed by atoms with Gasteiger partial charge in [-0.3, -0.25) is 0 Å². The molecule has 0 amide bonds. The van der Waals surface area contributed by atoms with E-state index in [2.05, 4.69) is 56.6 Å². The number of halogens is 3. The second-order valence-electron chi connectivity index (χ2n) is 8.21. The van der Waals surface area contributed by atoms with E-state index in [0.717, 1.165) is 37.7 Å². The first kappa shape index (κ1) is 21.6. The summed E-state index contributed by atoms with van der Waals surface area (Å²) in [6.45, 7) is 5.39. The van der Waals surface area contributed by atoms with E-state index in [4.69, 9.17) is 11.6 Å². The van der Waals surface area contributed by atoms with Gasteiger partial charge in [-0.05, 0) is 62.3 Å². The highest BCUT2D eigenvalue weighted by Crippen LogP contribution is 2.58. The van der Waals surface area contributed by atoms with Gasteiger partial charge in [-0.25, -0.2) is 0 Å². The van der Waals surface area contributed by atoms with Crippen molar-refractivity contribution in [2.75, 3.05) is 39.8 Å². The van der Waals surface area contributed by atoms with Crippen molar-refractivity contribution in [3.63, 3.8) is 0 Å². The Bertz CT molecular complexity index is 591. The lowest BCUT2D eigenvalue weighted by molar-refractivity contribution is -0.0430. The van der Waals surface area contributed by atoms with Gasteiger partial charge in [0.05, 0.1) is 29.3 Å². The third kappa shape index (κ3) is 5.51. The zero-order valence-corrected chi connectivity index (χ0v) is 18.1. The minimum absolute atomic E-state index is 0.180. The number of piperazine rings is 1. The van der Waals surface area contributed by atoms with Crippen molar-refractivity contribution in [2.45, 2.75) is 37.2 Å². The minimum atomic E-state index is -0.534. The van der Waals surface area contributed by atoms with Gasteiger partial charge in [-0.2, -0.15) is 3.84 Å². The minimum Gasteiger partial charge on any atom is -0.389 e. The Morgan fingerprint density at radius 1 is 1.11 bits per heavy atom. The smallest absolute Gasteiger partial charge is 0.0832 e. The van der Waals surface area contributed by atoms with E-state index in [9.17, 15) is 5.11 Å². The lowest BCUT2D eigenvalue weighted by Gasteiger charge is -2.42. The molecule has 0 aromatic heterocycles. The Morgan fingerprint density at radius 2 is 1.67 bits per heavy atom. The molecule has 0 radical (unpaired) electrons. The summed E-state index contributed by atoms with van der Waals surface area (Å²) in [5.74, 6) is 1.16. The molecule has 1 saturated heterocycles. The highest BCUT2D eigenvalue weighted by Gasteiger charge is 2.57. The van der Waals surface area contributed by atoms with Crippen LogP contribution in [0.15, 0.2) is 24.3 Å². The van der Waals surface area contributed by atoms with Crippen molar-refractivity contribution in [2.24, 2.45) is 11.8 Å². The zero-order chi connectivity index (χ0) is 19.4. The first-order chi connectivity index (χ1) is 13.0. The van der Waals surface area contributed by atoms with E-state index >= 15 is 0 Å². The standard InChI is InChI=1S/C20H29ClN2O.Cl2O/c1-22-9-11-23(12-10-22)14-19(15-3-2-4-18(21)13-15)20(24,16-5-6-16)17-7-8-17;1-3-2/h2-4,13,16-17,19,24H,5-12,14H2,1H3;. The number of aliphatic hydroxyl groups is 1. The topological polar surface area (TPSA) is 35.9 Å². The molecule has 3 fully saturated rings. The third-order valence-corrected chi connectivity index (χ3v) is 6.54. The maximum atomic E-state index is 11.8. The second kappa shape index (κ2) is 9.62. The van der Waals surface area contributed by atoms with Crippen molar-refractivity contribution >= 4 is 35.3 Å². The Hall–Kier alpha value is -0.0700. The Morgan fingerprint density at radius 3 is 2.15 bits per heavy atom. The molecule has 0 spiro atoms. The number of likely N-dealkylation sites (N-methyl/N-ethyl adjacent to an activating group) is 1. The fraction of sp³-hybridized carbons (Fsp3) is 0.700. The van der Waals surface area contributed by atoms with Crippen molar-refractivity contribution in [1.82, 2.24) is 9.80 Å². The molecule has 2 saturated carbocycles. The predicted octanol–water partition coefficient (Wildman–Crippen LogP) is 4.53. The number of rotatable bonds is 6. The van der Waals surface area contributed by atoms with Crippen LogP contribution in [0.3, 0.4) is 0 Å². The number of hydrogen-bond acceptors (Lipinski definition) is 4. The average molecular weight is 436 g/mol. The molecule has 1 N–H and O–H groups in total. The molecule has 4 rings (SSSR count). The van der Waals surface area contributed by atoms with E-state index in [1.807, 2.05) is 12.1 Å². The first-order valence-electron chi connectivity index (χ1n) is 9.77. The van der Waals surface area contributed by atoms with Crippen LogP contribution in [0.4, 0.5) is 0 Å². The molecule has 27 heavy (non-hydrogen) atoms. The first-order valence-corrected chi connectivity index (χ1v) is 10.8. The maximum absolute atomic E-state index is 11.8. The van der Waals surface area contributed by atoms with Crippen molar-refractivity contribution in [3.05, 3.63) is 34.9 Å². The Kier molecular flexibility index (Phi) is 7.71. The van der Waals surface area contributed by atoms with Crippen LogP contribution in [0, 0.1) is 11.8 Å². The average Bonchev–Trinajstić information content (AvgIpc) is 3.53. The lowest BCUT2D eigenvalue weighted by Crippen LogP contribution is -2.51. The van der Waals surface area contributed by atoms with Crippen LogP contribution >= 0.6 is 35.3 Å². The number of nitrogens with zero attached hydrogens (tertiary/aromatic N) is 2. The van der Waals surface area contributed by atoms with E-state index < -0.39 is 5.60 Å². The molecule has 4 nitrogen and oxygen atoms in total. The van der Waals surface area contributed by atoms with E-state index in [-0.39, 0.29) is 5.92 Å². The van der Waals surface area contributed by atoms with Gasteiger partial charge < -0.3 is 14.9 Å². The molecule has 3 aliphatic rings. The lowest BCUT2D eigenvalue weighted by atomic mass is 9.74. The largest absolute Gasteiger partial charge is 0.389 e. The molecule has 0 bridgehead atoms. The van der Waals surface area contributed by atoms with Gasteiger partial charge in [-0.1, -0.05) is 23.7 Å². The van der Waals surface area contributed by atoms with Crippen LogP contribution in [0.2, 0.25) is 5.02 Å². The molecule has 7 heteroatoms. The highest BCUT2D eigenvalue weighted by atomic mass is 35.6. The summed E-state index contributed by atoms with van der Waals surface area (Å²) in [6.07, 6.45) is 4.75. The molecule has 152 valence electrons. The normalized spacial score (nSPS) is 22.9. The molecule has 1 aliphatic heterocycles. The van der Waals surface area contributed by atoms with Gasteiger partial charge in [0.1, 0.15) is 0 Å². The molecule has 1 aromatic carbocycles. The molecule has 1 unspecified atom stereocenters. The SMILES string of the molecule is CN1CCN(CC(c2cccc(Cl)c2)C(O)(C2CC2)C2CC2)CC1.ClOCl. The van der Waals surface area contributed by atoms with E-state index in [1.54, 1.807) is 0 Å². The predicted molar refractivity (Wildman–Crippen MR) is 111 cm³/mol. The van der Waals surface area contributed by atoms with Crippen LogP contribution in [0.1, 0.15) is 37.2 Å². The second-order valence-corrected chi connectivity index (χ2v) is 9.11. The maximum Gasteiger partial charge on any atom is 0.0832 e. The van der Waals surface area contributed by atoms with Gasteiger partial charge in [0.2, 0.25) is 0 Å². The molecule has 1 aromatic rings. The van der Waals surface area contributed by atoms with Gasteiger partial charge in [0.15, 0.2) is 0 Å². The molecular formula is C20H29Cl3N2O2. The summed E-state index contributed by atoms with van der Waals surface area (Å²) < 4.78 is 3.19. The summed E-state index contributed by atoms with van der Waals surface area (Å²) >= 11 is 14.8. The molecular weight excluding hydrogens is 407 g/mol. The fourth-order valence-corrected chi connectivity index (χ4v) is 4.72. The molecule has 1 atom stereocenters. The van der Waals surface area contributed by atoms with E-state index in [0.29, 0.717) is 11.8 Å². The van der Waals surface area contributed by atoms with Gasteiger partial charge in [-0.15, -0.1) is 0 Å². The van der Waals surface area contributed by atoms with Gasteiger partial charge >= 0.3 is 0 Å². The fourth-order valence-electron chi connectivity index (χ4n) is 4.52. The summed E-state index contributed by atoms with van der Waals surface area (Å²) in [6, 6.07) is 8.22. The van der Waals surface area contributed by atoms with Gasteiger partial charge in [0, 0.05) is 43.7 Å². The highest BCUT2D eigenvalue weighted by molar-refractivity contribution is 6.30. The van der Waals surface area contributed by atoms with E-state index in [1.165, 1.54) is 31.2 Å².